The molecule has 0 radical (unpaired) electrons. The van der Waals surface area contributed by atoms with Crippen LogP contribution < -0.4 is 16.0 Å². The van der Waals surface area contributed by atoms with E-state index < -0.39 is 41.0 Å². The van der Waals surface area contributed by atoms with Crippen molar-refractivity contribution in [1.82, 2.24) is 10.6 Å². The molecular weight excluding hydrogens is 347 g/mol. The molecule has 1 atom stereocenters. The Labute approximate surface area is 146 Å². The molecule has 0 bridgehead atoms. The minimum atomic E-state index is -1.36. The van der Waals surface area contributed by atoms with Gasteiger partial charge in [-0.2, -0.15) is 0 Å². The molecule has 3 amide bonds. The van der Waals surface area contributed by atoms with Crippen molar-refractivity contribution in [2.24, 2.45) is 0 Å². The molecule has 0 fully saturated rings. The highest BCUT2D eigenvalue weighted by Crippen LogP contribution is 2.31. The van der Waals surface area contributed by atoms with Crippen LogP contribution in [-0.2, 0) is 4.79 Å². The zero-order chi connectivity index (χ0) is 18.8. The summed E-state index contributed by atoms with van der Waals surface area (Å²) in [7, 11) is 0. The first-order chi connectivity index (χ1) is 12.4. The second-order valence-corrected chi connectivity index (χ2v) is 5.64. The summed E-state index contributed by atoms with van der Waals surface area (Å²) in [5.41, 5.74) is -0.588. The summed E-state index contributed by atoms with van der Waals surface area (Å²) in [6.45, 7) is 1.42. The van der Waals surface area contributed by atoms with E-state index in [9.17, 15) is 22.8 Å². The van der Waals surface area contributed by atoms with Gasteiger partial charge in [0.15, 0.2) is 0 Å². The number of hydrogen-bond acceptors (Lipinski definition) is 2. The third-order valence-electron chi connectivity index (χ3n) is 3.92. The molecule has 0 aliphatic carbocycles. The molecule has 26 heavy (non-hydrogen) atoms. The lowest BCUT2D eigenvalue weighted by Crippen LogP contribution is -2.46. The lowest BCUT2D eigenvalue weighted by Gasteiger charge is -2.29. The molecule has 1 heterocycles. The Morgan fingerprint density at radius 3 is 2.27 bits per heavy atom. The van der Waals surface area contributed by atoms with Crippen molar-refractivity contribution < 1.29 is 22.8 Å². The van der Waals surface area contributed by atoms with Crippen LogP contribution in [0.1, 0.15) is 18.5 Å². The number of nitrogens with one attached hydrogen (secondary N) is 3. The molecule has 0 unspecified atom stereocenters. The summed E-state index contributed by atoms with van der Waals surface area (Å²) in [4.78, 5) is 24.4. The van der Waals surface area contributed by atoms with E-state index in [1.165, 1.54) is 31.2 Å². The fourth-order valence-corrected chi connectivity index (χ4v) is 2.75. The normalized spacial score (nSPS) is 16.8. The molecular formula is C18H14F3N3O2. The van der Waals surface area contributed by atoms with Crippen molar-refractivity contribution in [1.29, 1.82) is 0 Å². The Balaban J connectivity index is 2.04. The van der Waals surface area contributed by atoms with Gasteiger partial charge in [0.05, 0.1) is 22.9 Å². The van der Waals surface area contributed by atoms with Gasteiger partial charge in [-0.15, -0.1) is 0 Å². The van der Waals surface area contributed by atoms with Crippen molar-refractivity contribution in [2.75, 3.05) is 5.32 Å². The molecule has 8 heteroatoms. The molecule has 1 aliphatic heterocycles. The minimum Gasteiger partial charge on any atom is -0.326 e. The quantitative estimate of drug-likeness (QED) is 0.785. The predicted molar refractivity (Wildman–Crippen MR) is 88.5 cm³/mol. The zero-order valence-electron chi connectivity index (χ0n) is 13.6. The highest BCUT2D eigenvalue weighted by Gasteiger charge is 2.34. The maximum Gasteiger partial charge on any atom is 0.319 e. The summed E-state index contributed by atoms with van der Waals surface area (Å²) < 4.78 is 42.2. The number of benzene rings is 2. The van der Waals surface area contributed by atoms with Gasteiger partial charge in [0.1, 0.15) is 17.5 Å². The first kappa shape index (κ1) is 17.5. The van der Waals surface area contributed by atoms with Crippen LogP contribution in [0.5, 0.6) is 0 Å². The lowest BCUT2D eigenvalue weighted by molar-refractivity contribution is -0.113. The highest BCUT2D eigenvalue weighted by atomic mass is 19.1. The van der Waals surface area contributed by atoms with E-state index in [0.29, 0.717) is 0 Å². The fraction of sp³-hybridized carbons (Fsp3) is 0.111. The molecule has 134 valence electrons. The lowest BCUT2D eigenvalue weighted by atomic mass is 9.94. The summed E-state index contributed by atoms with van der Waals surface area (Å²) in [5, 5.41) is 7.07. The molecule has 3 N–H and O–H groups in total. The van der Waals surface area contributed by atoms with Crippen LogP contribution in [-0.4, -0.2) is 11.9 Å². The number of halogens is 3. The van der Waals surface area contributed by atoms with Gasteiger partial charge in [-0.1, -0.05) is 18.2 Å². The third kappa shape index (κ3) is 3.26. The Morgan fingerprint density at radius 1 is 1.00 bits per heavy atom. The Bertz CT molecular complexity index is 907. The predicted octanol–water partition coefficient (Wildman–Crippen LogP) is 3.37. The van der Waals surface area contributed by atoms with E-state index in [2.05, 4.69) is 16.0 Å². The molecule has 0 saturated heterocycles. The SMILES string of the molecule is CC1=C(C(=O)Nc2ccccc2F)[C@@H](c2c(F)cccc2F)NC(=O)N1. The van der Waals surface area contributed by atoms with Crippen LogP contribution in [0.3, 0.4) is 0 Å². The van der Waals surface area contributed by atoms with Gasteiger partial charge in [0, 0.05) is 5.70 Å². The largest absolute Gasteiger partial charge is 0.326 e. The van der Waals surface area contributed by atoms with E-state index >= 15 is 0 Å². The molecule has 2 aromatic rings. The number of hydrogen-bond donors (Lipinski definition) is 3. The monoisotopic (exact) mass is 361 g/mol. The fourth-order valence-electron chi connectivity index (χ4n) is 2.75. The van der Waals surface area contributed by atoms with Gasteiger partial charge in [0.2, 0.25) is 0 Å². The van der Waals surface area contributed by atoms with Crippen LogP contribution in [0, 0.1) is 17.5 Å². The van der Waals surface area contributed by atoms with Gasteiger partial charge in [-0.25, -0.2) is 18.0 Å². The van der Waals surface area contributed by atoms with Crippen LogP contribution in [0.25, 0.3) is 0 Å². The smallest absolute Gasteiger partial charge is 0.319 e. The van der Waals surface area contributed by atoms with Crippen molar-refractivity contribution in [2.45, 2.75) is 13.0 Å². The van der Waals surface area contributed by atoms with Gasteiger partial charge in [-0.3, -0.25) is 4.79 Å². The Kier molecular flexibility index (Phi) is 4.66. The molecule has 1 aliphatic rings. The molecule has 5 nitrogen and oxygen atoms in total. The van der Waals surface area contributed by atoms with Gasteiger partial charge >= 0.3 is 6.03 Å². The van der Waals surface area contributed by atoms with Gasteiger partial charge in [-0.05, 0) is 31.2 Å². The van der Waals surface area contributed by atoms with E-state index in [1.807, 2.05) is 0 Å². The van der Waals surface area contributed by atoms with Crippen molar-refractivity contribution in [3.05, 3.63) is 76.7 Å². The van der Waals surface area contributed by atoms with Crippen LogP contribution in [0.4, 0.5) is 23.7 Å². The second kappa shape index (κ2) is 6.91. The van der Waals surface area contributed by atoms with Crippen molar-refractivity contribution >= 4 is 17.6 Å². The van der Waals surface area contributed by atoms with Gasteiger partial charge in [0.25, 0.3) is 5.91 Å². The first-order valence-corrected chi connectivity index (χ1v) is 7.66. The number of carbonyl (C=O) groups is 2. The highest BCUT2D eigenvalue weighted by molar-refractivity contribution is 6.06. The maximum absolute atomic E-state index is 14.2. The van der Waals surface area contributed by atoms with E-state index in [-0.39, 0.29) is 17.0 Å². The maximum atomic E-state index is 14.2. The zero-order valence-corrected chi connectivity index (χ0v) is 13.6. The number of amides is 3. The molecule has 0 aromatic heterocycles. The van der Waals surface area contributed by atoms with E-state index in [4.69, 9.17) is 0 Å². The summed E-state index contributed by atoms with van der Waals surface area (Å²) in [6, 6.07) is 6.62. The second-order valence-electron chi connectivity index (χ2n) is 5.64. The van der Waals surface area contributed by atoms with Crippen LogP contribution >= 0.6 is 0 Å². The van der Waals surface area contributed by atoms with E-state index in [0.717, 1.165) is 18.2 Å². The first-order valence-electron chi connectivity index (χ1n) is 7.66. The molecule has 2 aromatic carbocycles. The van der Waals surface area contributed by atoms with Crippen LogP contribution in [0.15, 0.2) is 53.7 Å². The number of allylic oxidation sites excluding steroid dienone is 1. The molecule has 3 rings (SSSR count). The molecule has 0 spiro atoms. The van der Waals surface area contributed by atoms with Gasteiger partial charge < -0.3 is 16.0 Å². The number of para-hydroxylation sites is 1. The summed E-state index contributed by atoms with van der Waals surface area (Å²) in [5.74, 6) is -3.30. The Morgan fingerprint density at radius 2 is 1.62 bits per heavy atom. The van der Waals surface area contributed by atoms with E-state index in [1.54, 1.807) is 0 Å². The minimum absolute atomic E-state index is 0.0949. The average Bonchev–Trinajstić information content (AvgIpc) is 2.56. The number of rotatable bonds is 3. The third-order valence-corrected chi connectivity index (χ3v) is 3.92. The topological polar surface area (TPSA) is 70.2 Å². The standard InChI is InChI=1S/C18H14F3N3O2/c1-9-14(17(25)23-13-8-3-2-5-10(13)19)16(24-18(26)22-9)15-11(20)6-4-7-12(15)21/h2-8,16H,1H3,(H,23,25)(H2,22,24,26)/t16-/m0/s1. The number of carbonyl (C=O) groups excluding carboxylic acids is 2. The van der Waals surface area contributed by atoms with Crippen molar-refractivity contribution in [3.63, 3.8) is 0 Å². The number of anilines is 1. The average molecular weight is 361 g/mol. The van der Waals surface area contributed by atoms with Crippen molar-refractivity contribution in [3.8, 4) is 0 Å². The molecule has 0 saturated carbocycles. The Hall–Kier alpha value is -3.29. The number of urea groups is 1. The summed E-state index contributed by atoms with van der Waals surface area (Å²) in [6.07, 6.45) is 0. The summed E-state index contributed by atoms with van der Waals surface area (Å²) >= 11 is 0. The van der Waals surface area contributed by atoms with Crippen LogP contribution in [0.2, 0.25) is 0 Å².